The van der Waals surface area contributed by atoms with E-state index in [0.29, 0.717) is 11.8 Å². The topological polar surface area (TPSA) is 20.3 Å². The van der Waals surface area contributed by atoms with Gasteiger partial charge in [0.2, 0.25) is 0 Å². The second-order valence-electron chi connectivity index (χ2n) is 4.83. The van der Waals surface area contributed by atoms with E-state index in [9.17, 15) is 4.79 Å². The second-order valence-corrected chi connectivity index (χ2v) is 4.83. The third-order valence-corrected chi connectivity index (χ3v) is 3.96. The highest BCUT2D eigenvalue weighted by molar-refractivity contribution is 5.92. The van der Waals surface area contributed by atoms with E-state index in [-0.39, 0.29) is 0 Å². The van der Waals surface area contributed by atoms with E-state index in [4.69, 9.17) is 0 Å². The van der Waals surface area contributed by atoms with Crippen LogP contribution in [0.2, 0.25) is 0 Å². The molecule has 1 fully saturated rings. The van der Waals surface area contributed by atoms with Crippen molar-refractivity contribution in [2.24, 2.45) is 11.8 Å². The van der Waals surface area contributed by atoms with E-state index in [2.05, 4.69) is 25.7 Å². The molecule has 78 valence electrons. The second kappa shape index (κ2) is 3.41. The number of allylic oxidation sites excluding steroid dienone is 2. The molecule has 3 atom stereocenters. The third kappa shape index (κ3) is 1.47. The minimum Gasteiger partial charge on any atom is -0.371 e. The Labute approximate surface area is 86.0 Å². The summed E-state index contributed by atoms with van der Waals surface area (Å²) >= 11 is 0. The van der Waals surface area contributed by atoms with Crippen LogP contribution in [0.3, 0.4) is 0 Å². The van der Waals surface area contributed by atoms with Crippen molar-refractivity contribution in [3.63, 3.8) is 0 Å². The number of carbonyl (C=O) groups is 1. The standard InChI is InChI=1S/C12H19NO/c1-8-7-13(10(3)9(8)2)11-4-5-12(14)6-11/h6,8-10H,4-5,7H2,1-3H3. The molecule has 0 aromatic carbocycles. The number of likely N-dealkylation sites (tertiary alicyclic amines) is 1. The van der Waals surface area contributed by atoms with Crippen LogP contribution in [0.4, 0.5) is 0 Å². The van der Waals surface area contributed by atoms with Crippen LogP contribution in [0.25, 0.3) is 0 Å². The average molecular weight is 193 g/mol. The van der Waals surface area contributed by atoms with Crippen LogP contribution in [0.1, 0.15) is 33.6 Å². The summed E-state index contributed by atoms with van der Waals surface area (Å²) in [5.41, 5.74) is 1.28. The molecule has 1 aliphatic carbocycles. The largest absolute Gasteiger partial charge is 0.371 e. The fourth-order valence-corrected chi connectivity index (χ4v) is 2.59. The number of ketones is 1. The number of carbonyl (C=O) groups excluding carboxylic acids is 1. The molecule has 0 amide bonds. The lowest BCUT2D eigenvalue weighted by Gasteiger charge is -2.26. The smallest absolute Gasteiger partial charge is 0.157 e. The maximum absolute atomic E-state index is 11.2. The fraction of sp³-hybridized carbons (Fsp3) is 0.750. The van der Waals surface area contributed by atoms with E-state index in [1.165, 1.54) is 5.70 Å². The molecular weight excluding hydrogens is 174 g/mol. The molecule has 2 heteroatoms. The minimum atomic E-state index is 0.305. The lowest BCUT2D eigenvalue weighted by Crippen LogP contribution is -2.27. The Morgan fingerprint density at radius 3 is 2.43 bits per heavy atom. The van der Waals surface area contributed by atoms with Crippen LogP contribution in [0, 0.1) is 11.8 Å². The Kier molecular flexibility index (Phi) is 2.38. The first-order valence-electron chi connectivity index (χ1n) is 5.59. The van der Waals surface area contributed by atoms with Gasteiger partial charge < -0.3 is 4.90 Å². The first-order valence-corrected chi connectivity index (χ1v) is 5.59. The van der Waals surface area contributed by atoms with Gasteiger partial charge >= 0.3 is 0 Å². The van der Waals surface area contributed by atoms with Crippen molar-refractivity contribution in [3.05, 3.63) is 11.8 Å². The van der Waals surface area contributed by atoms with Crippen molar-refractivity contribution in [3.8, 4) is 0 Å². The third-order valence-electron chi connectivity index (χ3n) is 3.96. The van der Waals surface area contributed by atoms with Crippen molar-refractivity contribution >= 4 is 5.78 Å². The Hall–Kier alpha value is -0.790. The monoisotopic (exact) mass is 193 g/mol. The Bertz CT molecular complexity index is 282. The zero-order valence-electron chi connectivity index (χ0n) is 9.29. The SMILES string of the molecule is CC1CN(C2=CC(=O)CC2)C(C)C1C. The van der Waals surface area contributed by atoms with Gasteiger partial charge in [-0.15, -0.1) is 0 Å². The zero-order chi connectivity index (χ0) is 10.3. The lowest BCUT2D eigenvalue weighted by atomic mass is 9.95. The lowest BCUT2D eigenvalue weighted by molar-refractivity contribution is -0.114. The molecule has 0 aromatic rings. The quantitative estimate of drug-likeness (QED) is 0.636. The first kappa shape index (κ1) is 9.75. The molecule has 1 saturated heterocycles. The predicted molar refractivity (Wildman–Crippen MR) is 56.8 cm³/mol. The maximum atomic E-state index is 11.2. The van der Waals surface area contributed by atoms with Crippen molar-refractivity contribution in [1.29, 1.82) is 0 Å². The average Bonchev–Trinajstić information content (AvgIpc) is 2.66. The summed E-state index contributed by atoms with van der Waals surface area (Å²) in [4.78, 5) is 13.6. The van der Waals surface area contributed by atoms with Crippen LogP contribution in [0.5, 0.6) is 0 Å². The minimum absolute atomic E-state index is 0.305. The van der Waals surface area contributed by atoms with Gasteiger partial charge in [0, 0.05) is 30.8 Å². The highest BCUT2D eigenvalue weighted by Gasteiger charge is 2.35. The van der Waals surface area contributed by atoms with Gasteiger partial charge in [-0.2, -0.15) is 0 Å². The maximum Gasteiger partial charge on any atom is 0.157 e. The molecule has 2 aliphatic rings. The predicted octanol–water partition coefficient (Wildman–Crippen LogP) is 2.21. The van der Waals surface area contributed by atoms with Gasteiger partial charge in [0.05, 0.1) is 0 Å². The summed E-state index contributed by atoms with van der Waals surface area (Å²) in [5, 5.41) is 0. The molecule has 0 spiro atoms. The van der Waals surface area contributed by atoms with Crippen LogP contribution in [-0.4, -0.2) is 23.3 Å². The fourth-order valence-electron chi connectivity index (χ4n) is 2.59. The Morgan fingerprint density at radius 2 is 2.00 bits per heavy atom. The summed E-state index contributed by atoms with van der Waals surface area (Å²) < 4.78 is 0. The van der Waals surface area contributed by atoms with Crippen LogP contribution in [0.15, 0.2) is 11.8 Å². The van der Waals surface area contributed by atoms with Gasteiger partial charge in [0.15, 0.2) is 5.78 Å². The molecule has 1 aliphatic heterocycles. The number of hydrogen-bond donors (Lipinski definition) is 0. The van der Waals surface area contributed by atoms with Crippen molar-refractivity contribution < 1.29 is 4.79 Å². The van der Waals surface area contributed by atoms with Crippen LogP contribution in [-0.2, 0) is 4.79 Å². The van der Waals surface area contributed by atoms with E-state index in [1.54, 1.807) is 0 Å². The van der Waals surface area contributed by atoms with Gasteiger partial charge in [-0.05, 0) is 25.2 Å². The van der Waals surface area contributed by atoms with Gasteiger partial charge in [-0.1, -0.05) is 13.8 Å². The first-order chi connectivity index (χ1) is 6.59. The van der Waals surface area contributed by atoms with Crippen molar-refractivity contribution in [2.45, 2.75) is 39.7 Å². The van der Waals surface area contributed by atoms with Crippen LogP contribution < -0.4 is 0 Å². The molecule has 0 bridgehead atoms. The van der Waals surface area contributed by atoms with Gasteiger partial charge in [0.1, 0.15) is 0 Å². The summed E-state index contributed by atoms with van der Waals surface area (Å²) in [7, 11) is 0. The van der Waals surface area contributed by atoms with Crippen LogP contribution >= 0.6 is 0 Å². The molecule has 0 N–H and O–H groups in total. The molecule has 1 heterocycles. The summed E-state index contributed by atoms with van der Waals surface area (Å²) in [6.45, 7) is 8.02. The summed E-state index contributed by atoms with van der Waals surface area (Å²) in [5.74, 6) is 1.80. The highest BCUT2D eigenvalue weighted by atomic mass is 16.1. The van der Waals surface area contributed by atoms with Crippen molar-refractivity contribution in [1.82, 2.24) is 4.90 Å². The Balaban J connectivity index is 2.13. The van der Waals surface area contributed by atoms with Gasteiger partial charge in [-0.3, -0.25) is 4.79 Å². The Morgan fingerprint density at radius 1 is 1.29 bits per heavy atom. The van der Waals surface area contributed by atoms with Crippen molar-refractivity contribution in [2.75, 3.05) is 6.54 Å². The van der Waals surface area contributed by atoms with Gasteiger partial charge in [0.25, 0.3) is 0 Å². The van der Waals surface area contributed by atoms with E-state index in [1.807, 2.05) is 6.08 Å². The molecule has 2 rings (SSSR count). The summed E-state index contributed by atoms with van der Waals surface area (Å²) in [6.07, 6.45) is 3.53. The molecule has 0 saturated carbocycles. The van der Waals surface area contributed by atoms with E-state index < -0.39 is 0 Å². The van der Waals surface area contributed by atoms with Gasteiger partial charge in [-0.25, -0.2) is 0 Å². The normalized spacial score (nSPS) is 37.9. The molecule has 0 aromatic heterocycles. The van der Waals surface area contributed by atoms with E-state index in [0.717, 1.165) is 31.2 Å². The van der Waals surface area contributed by atoms with E-state index >= 15 is 0 Å². The molecule has 14 heavy (non-hydrogen) atoms. The summed E-state index contributed by atoms with van der Waals surface area (Å²) in [6, 6.07) is 0.599. The molecule has 0 radical (unpaired) electrons. The highest BCUT2D eigenvalue weighted by Crippen LogP contribution is 2.34. The molecule has 2 nitrogen and oxygen atoms in total. The number of nitrogens with zero attached hydrogens (tertiary/aromatic N) is 1. The molecule has 3 unspecified atom stereocenters. The zero-order valence-corrected chi connectivity index (χ0v) is 9.29. The number of rotatable bonds is 1. The number of hydrogen-bond acceptors (Lipinski definition) is 2. The molecular formula is C12H19NO.